The minimum Gasteiger partial charge on any atom is -0.488 e. The van der Waals surface area contributed by atoms with Gasteiger partial charge in [-0.2, -0.15) is 5.10 Å². The van der Waals surface area contributed by atoms with Crippen molar-refractivity contribution in [1.82, 2.24) is 5.43 Å². The highest BCUT2D eigenvalue weighted by molar-refractivity contribution is 14.1. The molecule has 1 amide bonds. The molecule has 0 aliphatic carbocycles. The van der Waals surface area contributed by atoms with Crippen molar-refractivity contribution in [3.05, 3.63) is 96.0 Å². The molecule has 0 saturated carbocycles. The third-order valence-electron chi connectivity index (χ3n) is 4.20. The normalized spacial score (nSPS) is 10.7. The van der Waals surface area contributed by atoms with Gasteiger partial charge in [0.2, 0.25) is 0 Å². The number of benzene rings is 3. The third kappa shape index (κ3) is 7.31. The van der Waals surface area contributed by atoms with Gasteiger partial charge in [0.25, 0.3) is 11.6 Å². The number of nitrogens with one attached hydrogen (secondary N) is 2. The van der Waals surface area contributed by atoms with Gasteiger partial charge in [-0.1, -0.05) is 0 Å². The lowest BCUT2D eigenvalue weighted by Crippen LogP contribution is -2.25. The molecule has 3 rings (SSSR count). The maximum atomic E-state index is 11.9. The standard InChI is InChI=1S/C22H18BrIN4O4/c23-20-11-16(12-26-27-22(29)13-25-18-6-4-17(24)5-7-18)3-10-21(20)32-14-15-1-8-19(9-2-15)28(30)31/h1-12,25H,13-14H2,(H,27,29)/b26-12-. The Morgan fingerprint density at radius 1 is 1.12 bits per heavy atom. The van der Waals surface area contributed by atoms with Gasteiger partial charge in [0.15, 0.2) is 0 Å². The van der Waals surface area contributed by atoms with Crippen molar-refractivity contribution in [1.29, 1.82) is 0 Å². The van der Waals surface area contributed by atoms with E-state index >= 15 is 0 Å². The number of amides is 1. The number of hydrazone groups is 1. The molecule has 32 heavy (non-hydrogen) atoms. The molecule has 0 saturated heterocycles. The Balaban J connectivity index is 1.47. The van der Waals surface area contributed by atoms with Crippen LogP contribution >= 0.6 is 38.5 Å². The van der Waals surface area contributed by atoms with E-state index < -0.39 is 4.92 Å². The highest BCUT2D eigenvalue weighted by atomic mass is 127. The van der Waals surface area contributed by atoms with Crippen LogP contribution in [-0.4, -0.2) is 23.6 Å². The molecule has 0 aliphatic rings. The molecule has 0 fully saturated rings. The summed E-state index contributed by atoms with van der Waals surface area (Å²) in [5, 5.41) is 17.7. The van der Waals surface area contributed by atoms with Crippen molar-refractivity contribution in [3.8, 4) is 5.75 Å². The Labute approximate surface area is 206 Å². The number of carbonyl (C=O) groups is 1. The van der Waals surface area contributed by atoms with Crippen LogP contribution in [0.15, 0.2) is 76.3 Å². The van der Waals surface area contributed by atoms with E-state index in [-0.39, 0.29) is 24.7 Å². The van der Waals surface area contributed by atoms with Crippen LogP contribution in [0.4, 0.5) is 11.4 Å². The van der Waals surface area contributed by atoms with Crippen LogP contribution in [0.2, 0.25) is 0 Å². The van der Waals surface area contributed by atoms with Gasteiger partial charge in [0.05, 0.1) is 22.2 Å². The SMILES string of the molecule is O=C(CNc1ccc(I)cc1)N/N=C\c1ccc(OCc2ccc([N+](=O)[O-])cc2)c(Br)c1. The van der Waals surface area contributed by atoms with Crippen LogP contribution in [0.1, 0.15) is 11.1 Å². The first kappa shape index (κ1) is 23.7. The van der Waals surface area contributed by atoms with Crippen molar-refractivity contribution in [2.24, 2.45) is 5.10 Å². The Bertz CT molecular complexity index is 1120. The molecule has 0 radical (unpaired) electrons. The molecule has 0 aromatic heterocycles. The second kappa shape index (κ2) is 11.6. The van der Waals surface area contributed by atoms with Crippen molar-refractivity contribution in [2.45, 2.75) is 6.61 Å². The van der Waals surface area contributed by atoms with E-state index in [1.807, 2.05) is 30.3 Å². The Kier molecular flexibility index (Phi) is 8.56. The Morgan fingerprint density at radius 2 is 1.84 bits per heavy atom. The van der Waals surface area contributed by atoms with Crippen LogP contribution < -0.4 is 15.5 Å². The Morgan fingerprint density at radius 3 is 2.50 bits per heavy atom. The van der Waals surface area contributed by atoms with Crippen LogP contribution in [0.3, 0.4) is 0 Å². The first-order valence-corrected chi connectivity index (χ1v) is 11.2. The summed E-state index contributed by atoms with van der Waals surface area (Å²) in [5.41, 5.74) is 4.96. The summed E-state index contributed by atoms with van der Waals surface area (Å²) >= 11 is 5.67. The van der Waals surface area contributed by atoms with Gasteiger partial charge in [-0.15, -0.1) is 0 Å². The molecular formula is C22H18BrIN4O4. The maximum Gasteiger partial charge on any atom is 0.269 e. The molecule has 0 heterocycles. The monoisotopic (exact) mass is 608 g/mol. The number of nitro groups is 1. The second-order valence-corrected chi connectivity index (χ2v) is 8.66. The van der Waals surface area contributed by atoms with Gasteiger partial charge in [0.1, 0.15) is 12.4 Å². The Hall–Kier alpha value is -2.99. The van der Waals surface area contributed by atoms with Crippen LogP contribution in [0.5, 0.6) is 5.75 Å². The van der Waals surface area contributed by atoms with Crippen molar-refractivity contribution < 1.29 is 14.5 Å². The van der Waals surface area contributed by atoms with E-state index in [1.54, 1.807) is 24.3 Å². The average Bonchev–Trinajstić information content (AvgIpc) is 2.78. The summed E-state index contributed by atoms with van der Waals surface area (Å²) in [6, 6.07) is 19.3. The maximum absolute atomic E-state index is 11.9. The smallest absolute Gasteiger partial charge is 0.269 e. The van der Waals surface area contributed by atoms with Gasteiger partial charge >= 0.3 is 0 Å². The topological polar surface area (TPSA) is 106 Å². The summed E-state index contributed by atoms with van der Waals surface area (Å²) in [5.74, 6) is 0.355. The number of hydrogen-bond donors (Lipinski definition) is 2. The largest absolute Gasteiger partial charge is 0.488 e. The van der Waals surface area contributed by atoms with Gasteiger partial charge in [-0.3, -0.25) is 14.9 Å². The fourth-order valence-electron chi connectivity index (χ4n) is 2.56. The molecule has 8 nitrogen and oxygen atoms in total. The first-order valence-electron chi connectivity index (χ1n) is 9.38. The van der Waals surface area contributed by atoms with Crippen molar-refractivity contribution >= 4 is 62.0 Å². The zero-order chi connectivity index (χ0) is 22.9. The van der Waals surface area contributed by atoms with Crippen molar-refractivity contribution in [2.75, 3.05) is 11.9 Å². The van der Waals surface area contributed by atoms with Gasteiger partial charge < -0.3 is 10.1 Å². The summed E-state index contributed by atoms with van der Waals surface area (Å²) in [7, 11) is 0. The van der Waals surface area contributed by atoms with Crippen LogP contribution in [0.25, 0.3) is 0 Å². The molecule has 10 heteroatoms. The first-order chi connectivity index (χ1) is 15.4. The molecule has 0 atom stereocenters. The van der Waals surface area contributed by atoms with E-state index in [9.17, 15) is 14.9 Å². The molecule has 0 spiro atoms. The number of ether oxygens (including phenoxy) is 1. The fraction of sp³-hybridized carbons (Fsp3) is 0.0909. The molecule has 164 valence electrons. The van der Waals surface area contributed by atoms with Gasteiger partial charge in [-0.25, -0.2) is 5.43 Å². The van der Waals surface area contributed by atoms with Crippen LogP contribution in [0, 0.1) is 13.7 Å². The summed E-state index contributed by atoms with van der Waals surface area (Å²) < 4.78 is 7.60. The second-order valence-electron chi connectivity index (χ2n) is 6.56. The lowest BCUT2D eigenvalue weighted by Gasteiger charge is -2.09. The number of nitro benzene ring substituents is 1. The molecule has 0 unspecified atom stereocenters. The van der Waals surface area contributed by atoms with E-state index in [2.05, 4.69) is 54.4 Å². The number of hydrogen-bond acceptors (Lipinski definition) is 6. The van der Waals surface area contributed by atoms with E-state index in [0.717, 1.165) is 24.9 Å². The number of carbonyl (C=O) groups excluding carboxylic acids is 1. The van der Waals surface area contributed by atoms with E-state index in [1.165, 1.54) is 18.3 Å². The fourth-order valence-corrected chi connectivity index (χ4v) is 3.43. The minimum atomic E-state index is -0.440. The number of halogens is 2. The highest BCUT2D eigenvalue weighted by Crippen LogP contribution is 2.26. The predicted octanol–water partition coefficient (Wildman–Crippen LogP) is 5.10. The summed E-state index contributed by atoms with van der Waals surface area (Å²) in [4.78, 5) is 22.2. The zero-order valence-electron chi connectivity index (χ0n) is 16.6. The van der Waals surface area contributed by atoms with E-state index in [0.29, 0.717) is 5.75 Å². The number of anilines is 1. The molecule has 0 bridgehead atoms. The van der Waals surface area contributed by atoms with Crippen LogP contribution in [-0.2, 0) is 11.4 Å². The average molecular weight is 609 g/mol. The third-order valence-corrected chi connectivity index (χ3v) is 5.54. The molecular weight excluding hydrogens is 591 g/mol. The molecule has 3 aromatic rings. The minimum absolute atomic E-state index is 0.0382. The van der Waals surface area contributed by atoms with Gasteiger partial charge in [0, 0.05) is 21.4 Å². The van der Waals surface area contributed by atoms with E-state index in [4.69, 9.17) is 4.74 Å². The summed E-state index contributed by atoms with van der Waals surface area (Å²) in [6.07, 6.45) is 1.54. The molecule has 2 N–H and O–H groups in total. The zero-order valence-corrected chi connectivity index (χ0v) is 20.4. The number of rotatable bonds is 9. The lowest BCUT2D eigenvalue weighted by molar-refractivity contribution is -0.384. The predicted molar refractivity (Wildman–Crippen MR) is 135 cm³/mol. The molecule has 3 aromatic carbocycles. The summed E-state index contributed by atoms with van der Waals surface area (Å²) in [6.45, 7) is 0.380. The quantitative estimate of drug-likeness (QED) is 0.152. The number of non-ortho nitro benzene ring substituents is 1. The highest BCUT2D eigenvalue weighted by Gasteiger charge is 2.06. The number of nitrogens with zero attached hydrogens (tertiary/aromatic N) is 2. The van der Waals surface area contributed by atoms with Gasteiger partial charge in [-0.05, 0) is 104 Å². The van der Waals surface area contributed by atoms with Crippen molar-refractivity contribution in [3.63, 3.8) is 0 Å². The molecule has 0 aliphatic heterocycles. The lowest BCUT2D eigenvalue weighted by atomic mass is 10.2.